The predicted molar refractivity (Wildman–Crippen MR) is 67.7 cm³/mol. The molecule has 0 amide bonds. The van der Waals surface area contributed by atoms with E-state index in [-0.39, 0.29) is 0 Å². The van der Waals surface area contributed by atoms with Crippen molar-refractivity contribution in [1.82, 2.24) is 0 Å². The number of carbonyl (C=O) groups is 1. The molecule has 0 spiro atoms. The summed E-state index contributed by atoms with van der Waals surface area (Å²) in [7, 11) is 0. The average Bonchev–Trinajstić information content (AvgIpc) is 2.81. The fourth-order valence-corrected chi connectivity index (χ4v) is 2.48. The Balaban J connectivity index is 2.01. The molecule has 3 nitrogen and oxygen atoms in total. The molecule has 2 heterocycles. The monoisotopic (exact) mass is 229 g/mol. The fraction of sp³-hybridized carbons (Fsp3) is 0.357. The Morgan fingerprint density at radius 3 is 2.76 bits per heavy atom. The molecule has 0 bridgehead atoms. The van der Waals surface area contributed by atoms with Gasteiger partial charge in [0, 0.05) is 24.2 Å². The van der Waals surface area contributed by atoms with Gasteiger partial charge in [-0.1, -0.05) is 0 Å². The van der Waals surface area contributed by atoms with Crippen LogP contribution in [0, 0.1) is 0 Å². The van der Waals surface area contributed by atoms with Crippen molar-refractivity contribution in [2.24, 2.45) is 0 Å². The zero-order chi connectivity index (χ0) is 11.7. The summed E-state index contributed by atoms with van der Waals surface area (Å²) in [5, 5.41) is 0.920. The SMILES string of the molecule is O=Cc1coc2ccc(N3CCCCC3)cc12. The van der Waals surface area contributed by atoms with Crippen molar-refractivity contribution < 1.29 is 9.21 Å². The number of anilines is 1. The van der Waals surface area contributed by atoms with Crippen molar-refractivity contribution in [3.63, 3.8) is 0 Å². The maximum Gasteiger partial charge on any atom is 0.153 e. The summed E-state index contributed by atoms with van der Waals surface area (Å²) in [6, 6.07) is 6.09. The van der Waals surface area contributed by atoms with Gasteiger partial charge in [0.1, 0.15) is 11.8 Å². The van der Waals surface area contributed by atoms with Gasteiger partial charge in [0.05, 0.1) is 5.56 Å². The van der Waals surface area contributed by atoms with Crippen LogP contribution < -0.4 is 4.90 Å². The van der Waals surface area contributed by atoms with Crippen LogP contribution in [0.15, 0.2) is 28.9 Å². The molecule has 88 valence electrons. The molecule has 3 rings (SSSR count). The number of piperidine rings is 1. The van der Waals surface area contributed by atoms with Crippen LogP contribution in [0.3, 0.4) is 0 Å². The number of hydrogen-bond donors (Lipinski definition) is 0. The van der Waals surface area contributed by atoms with Crippen LogP contribution in [0.2, 0.25) is 0 Å². The number of aldehydes is 1. The topological polar surface area (TPSA) is 33.5 Å². The molecule has 1 aliphatic rings. The minimum Gasteiger partial charge on any atom is -0.464 e. The molecule has 2 aromatic rings. The number of hydrogen-bond acceptors (Lipinski definition) is 3. The van der Waals surface area contributed by atoms with E-state index in [0.29, 0.717) is 5.56 Å². The molecule has 1 fully saturated rings. The molecule has 0 atom stereocenters. The minimum atomic E-state index is 0.638. The number of fused-ring (bicyclic) bond motifs is 1. The van der Waals surface area contributed by atoms with Gasteiger partial charge in [-0.15, -0.1) is 0 Å². The lowest BCUT2D eigenvalue weighted by atomic mass is 10.1. The van der Waals surface area contributed by atoms with E-state index in [4.69, 9.17) is 4.42 Å². The summed E-state index contributed by atoms with van der Waals surface area (Å²) >= 11 is 0. The van der Waals surface area contributed by atoms with E-state index >= 15 is 0 Å². The van der Waals surface area contributed by atoms with Crippen LogP contribution >= 0.6 is 0 Å². The lowest BCUT2D eigenvalue weighted by Crippen LogP contribution is -2.29. The second kappa shape index (κ2) is 4.24. The van der Waals surface area contributed by atoms with Crippen LogP contribution in [-0.4, -0.2) is 19.4 Å². The van der Waals surface area contributed by atoms with Gasteiger partial charge in [0.25, 0.3) is 0 Å². The quantitative estimate of drug-likeness (QED) is 0.741. The largest absolute Gasteiger partial charge is 0.464 e. The van der Waals surface area contributed by atoms with E-state index < -0.39 is 0 Å². The van der Waals surface area contributed by atoms with Gasteiger partial charge >= 0.3 is 0 Å². The fourth-order valence-electron chi connectivity index (χ4n) is 2.48. The Bertz CT molecular complexity index is 538. The molecule has 1 aromatic heterocycles. The van der Waals surface area contributed by atoms with Gasteiger partial charge in [-0.25, -0.2) is 0 Å². The molecule has 1 aromatic carbocycles. The molecular weight excluding hydrogens is 214 g/mol. The second-order valence-electron chi connectivity index (χ2n) is 4.54. The second-order valence-corrected chi connectivity index (χ2v) is 4.54. The van der Waals surface area contributed by atoms with E-state index in [1.807, 2.05) is 6.07 Å². The van der Waals surface area contributed by atoms with E-state index in [9.17, 15) is 4.79 Å². The van der Waals surface area contributed by atoms with Crippen molar-refractivity contribution in [2.75, 3.05) is 18.0 Å². The third kappa shape index (κ3) is 1.82. The first kappa shape index (κ1) is 10.4. The van der Waals surface area contributed by atoms with Gasteiger partial charge in [-0.05, 0) is 37.5 Å². The molecule has 0 unspecified atom stereocenters. The van der Waals surface area contributed by atoms with Crippen LogP contribution in [0.1, 0.15) is 29.6 Å². The van der Waals surface area contributed by atoms with Gasteiger partial charge in [-0.3, -0.25) is 4.79 Å². The Morgan fingerprint density at radius 2 is 2.00 bits per heavy atom. The Kier molecular flexibility index (Phi) is 2.59. The normalized spacial score (nSPS) is 16.4. The van der Waals surface area contributed by atoms with Gasteiger partial charge in [-0.2, -0.15) is 0 Å². The summed E-state index contributed by atoms with van der Waals surface area (Å²) in [5.41, 5.74) is 2.62. The minimum absolute atomic E-state index is 0.638. The van der Waals surface area contributed by atoms with Crippen molar-refractivity contribution in [1.29, 1.82) is 0 Å². The van der Waals surface area contributed by atoms with E-state index in [1.165, 1.54) is 31.2 Å². The first-order valence-corrected chi connectivity index (χ1v) is 6.10. The van der Waals surface area contributed by atoms with E-state index in [1.54, 1.807) is 0 Å². The molecular formula is C14H15NO2. The number of carbonyl (C=O) groups excluding carboxylic acids is 1. The molecule has 0 N–H and O–H groups in total. The smallest absolute Gasteiger partial charge is 0.153 e. The lowest BCUT2D eigenvalue weighted by Gasteiger charge is -2.28. The lowest BCUT2D eigenvalue weighted by molar-refractivity contribution is 0.112. The molecule has 0 aliphatic carbocycles. The summed E-state index contributed by atoms with van der Waals surface area (Å²) in [6.07, 6.45) is 6.21. The molecule has 0 saturated carbocycles. The first-order chi connectivity index (χ1) is 8.38. The van der Waals surface area contributed by atoms with Crippen LogP contribution in [0.5, 0.6) is 0 Å². The molecule has 3 heteroatoms. The maximum absolute atomic E-state index is 10.9. The summed E-state index contributed by atoms with van der Waals surface area (Å²) in [5.74, 6) is 0. The highest BCUT2D eigenvalue weighted by Gasteiger charge is 2.13. The van der Waals surface area contributed by atoms with Crippen molar-refractivity contribution in [3.05, 3.63) is 30.0 Å². The number of nitrogens with zero attached hydrogens (tertiary/aromatic N) is 1. The maximum atomic E-state index is 10.9. The predicted octanol–water partition coefficient (Wildman–Crippen LogP) is 3.24. The number of benzene rings is 1. The molecule has 0 radical (unpaired) electrons. The summed E-state index contributed by atoms with van der Waals surface area (Å²) in [4.78, 5) is 13.3. The summed E-state index contributed by atoms with van der Waals surface area (Å²) in [6.45, 7) is 2.22. The van der Waals surface area contributed by atoms with Crippen LogP contribution in [0.4, 0.5) is 5.69 Å². The standard InChI is InChI=1S/C14H15NO2/c16-9-11-10-17-14-5-4-12(8-13(11)14)15-6-2-1-3-7-15/h4-5,8-10H,1-3,6-7H2. The third-order valence-corrected chi connectivity index (χ3v) is 3.44. The van der Waals surface area contributed by atoms with E-state index in [0.717, 1.165) is 30.3 Å². The number of furan rings is 1. The van der Waals surface area contributed by atoms with E-state index in [2.05, 4.69) is 17.0 Å². The highest BCUT2D eigenvalue weighted by Crippen LogP contribution is 2.27. The van der Waals surface area contributed by atoms with Gasteiger partial charge in [0.2, 0.25) is 0 Å². The highest BCUT2D eigenvalue weighted by molar-refractivity contribution is 5.97. The zero-order valence-electron chi connectivity index (χ0n) is 9.69. The van der Waals surface area contributed by atoms with Gasteiger partial charge < -0.3 is 9.32 Å². The summed E-state index contributed by atoms with van der Waals surface area (Å²) < 4.78 is 5.33. The average molecular weight is 229 g/mol. The van der Waals surface area contributed by atoms with Crippen molar-refractivity contribution >= 4 is 22.9 Å². The van der Waals surface area contributed by atoms with Crippen molar-refractivity contribution in [3.8, 4) is 0 Å². The third-order valence-electron chi connectivity index (χ3n) is 3.44. The van der Waals surface area contributed by atoms with Crippen LogP contribution in [0.25, 0.3) is 11.0 Å². The Hall–Kier alpha value is -1.77. The molecule has 17 heavy (non-hydrogen) atoms. The van der Waals surface area contributed by atoms with Crippen LogP contribution in [-0.2, 0) is 0 Å². The zero-order valence-corrected chi connectivity index (χ0v) is 9.69. The molecule has 1 saturated heterocycles. The Morgan fingerprint density at radius 1 is 1.18 bits per heavy atom. The van der Waals surface area contributed by atoms with Gasteiger partial charge in [0.15, 0.2) is 6.29 Å². The van der Waals surface area contributed by atoms with Crippen molar-refractivity contribution in [2.45, 2.75) is 19.3 Å². The Labute approximate surface area is 100 Å². The highest BCUT2D eigenvalue weighted by atomic mass is 16.3. The molecule has 1 aliphatic heterocycles. The number of rotatable bonds is 2. The first-order valence-electron chi connectivity index (χ1n) is 6.10.